The summed E-state index contributed by atoms with van der Waals surface area (Å²) >= 11 is 0. The molecule has 0 N–H and O–H groups in total. The van der Waals surface area contributed by atoms with Crippen molar-refractivity contribution in [3.63, 3.8) is 0 Å². The van der Waals surface area contributed by atoms with Gasteiger partial charge in [0.1, 0.15) is 19.0 Å². The Hall–Kier alpha value is -2.73. The Bertz CT molecular complexity index is 804. The van der Waals surface area contributed by atoms with E-state index in [1.807, 2.05) is 61.3 Å². The molecule has 0 radical (unpaired) electrons. The Balaban J connectivity index is 1.60. The van der Waals surface area contributed by atoms with Crippen molar-refractivity contribution in [3.05, 3.63) is 54.1 Å². The molecule has 6 heteroatoms. The quantitative estimate of drug-likeness (QED) is 0.588. The van der Waals surface area contributed by atoms with Crippen molar-refractivity contribution in [2.24, 2.45) is 0 Å². The molecule has 0 saturated carbocycles. The molecule has 0 unspecified atom stereocenters. The van der Waals surface area contributed by atoms with Crippen LogP contribution in [0.25, 0.3) is 0 Å². The first-order valence-corrected chi connectivity index (χ1v) is 10.6. The minimum atomic E-state index is 0.0180. The summed E-state index contributed by atoms with van der Waals surface area (Å²) in [5.74, 6) is 2.03. The Kier molecular flexibility index (Phi) is 7.97. The standard InChI is InChI=1S/C24H32N2O4/c1-4-28-23-18-19(24(27)26(3)20-12-14-25(2)15-13-20)10-11-22(23)30-17-16-29-21-8-6-5-7-9-21/h5-11,18,20H,4,12-17H2,1-3H3. The van der Waals surface area contributed by atoms with Crippen LogP contribution in [0.4, 0.5) is 0 Å². The number of hydrogen-bond donors (Lipinski definition) is 0. The van der Waals surface area contributed by atoms with Crippen molar-refractivity contribution < 1.29 is 19.0 Å². The molecule has 1 saturated heterocycles. The van der Waals surface area contributed by atoms with Gasteiger partial charge in [-0.2, -0.15) is 0 Å². The van der Waals surface area contributed by atoms with E-state index < -0.39 is 0 Å². The first kappa shape index (κ1) is 22.0. The van der Waals surface area contributed by atoms with Crippen molar-refractivity contribution in [3.8, 4) is 17.2 Å². The minimum Gasteiger partial charge on any atom is -0.490 e. The number of para-hydroxylation sites is 1. The fraction of sp³-hybridized carbons (Fsp3) is 0.458. The number of amides is 1. The second-order valence-corrected chi connectivity index (χ2v) is 7.56. The van der Waals surface area contributed by atoms with E-state index in [0.717, 1.165) is 31.7 Å². The number of rotatable bonds is 9. The van der Waals surface area contributed by atoms with Crippen LogP contribution in [0.3, 0.4) is 0 Å². The highest BCUT2D eigenvalue weighted by atomic mass is 16.5. The van der Waals surface area contributed by atoms with Crippen LogP contribution < -0.4 is 14.2 Å². The number of benzene rings is 2. The molecule has 2 aromatic rings. The lowest BCUT2D eigenvalue weighted by Gasteiger charge is -2.35. The summed E-state index contributed by atoms with van der Waals surface area (Å²) < 4.78 is 17.3. The Morgan fingerprint density at radius 2 is 1.70 bits per heavy atom. The number of nitrogens with zero attached hydrogens (tertiary/aromatic N) is 2. The Morgan fingerprint density at radius 1 is 1.00 bits per heavy atom. The third-order valence-corrected chi connectivity index (χ3v) is 5.40. The zero-order valence-electron chi connectivity index (χ0n) is 18.2. The van der Waals surface area contributed by atoms with Gasteiger partial charge in [0.2, 0.25) is 0 Å². The van der Waals surface area contributed by atoms with Crippen molar-refractivity contribution in [1.82, 2.24) is 9.80 Å². The maximum Gasteiger partial charge on any atom is 0.253 e. The molecule has 30 heavy (non-hydrogen) atoms. The van der Waals surface area contributed by atoms with Gasteiger partial charge in [0, 0.05) is 18.7 Å². The fourth-order valence-electron chi connectivity index (χ4n) is 3.61. The van der Waals surface area contributed by atoms with E-state index in [9.17, 15) is 4.79 Å². The largest absolute Gasteiger partial charge is 0.490 e. The van der Waals surface area contributed by atoms with Crippen molar-refractivity contribution in [2.75, 3.05) is 47.0 Å². The molecule has 3 rings (SSSR count). The van der Waals surface area contributed by atoms with Gasteiger partial charge in [-0.1, -0.05) is 18.2 Å². The lowest BCUT2D eigenvalue weighted by atomic mass is 10.0. The highest BCUT2D eigenvalue weighted by Gasteiger charge is 2.25. The van der Waals surface area contributed by atoms with Gasteiger partial charge in [0.05, 0.1) is 6.61 Å². The molecule has 0 spiro atoms. The number of likely N-dealkylation sites (tertiary alicyclic amines) is 1. The Labute approximate surface area is 179 Å². The summed E-state index contributed by atoms with van der Waals surface area (Å²) in [7, 11) is 4.01. The molecule has 2 aromatic carbocycles. The molecule has 1 heterocycles. The van der Waals surface area contributed by atoms with Gasteiger partial charge >= 0.3 is 0 Å². The van der Waals surface area contributed by atoms with Crippen LogP contribution in [-0.2, 0) is 0 Å². The zero-order valence-corrected chi connectivity index (χ0v) is 18.2. The van der Waals surface area contributed by atoms with Crippen LogP contribution in [-0.4, -0.2) is 68.8 Å². The van der Waals surface area contributed by atoms with Gasteiger partial charge in [-0.05, 0) is 70.2 Å². The molecule has 1 aliphatic heterocycles. The summed E-state index contributed by atoms with van der Waals surface area (Å²) in [6.07, 6.45) is 2.00. The van der Waals surface area contributed by atoms with Gasteiger partial charge in [-0.15, -0.1) is 0 Å². The second-order valence-electron chi connectivity index (χ2n) is 7.56. The number of carbonyl (C=O) groups excluding carboxylic acids is 1. The molecule has 6 nitrogen and oxygen atoms in total. The molecule has 1 amide bonds. The Morgan fingerprint density at radius 3 is 2.40 bits per heavy atom. The number of ether oxygens (including phenoxy) is 3. The maximum absolute atomic E-state index is 13.0. The third-order valence-electron chi connectivity index (χ3n) is 5.40. The van der Waals surface area contributed by atoms with Gasteiger partial charge in [0.25, 0.3) is 5.91 Å². The lowest BCUT2D eigenvalue weighted by molar-refractivity contribution is 0.0659. The lowest BCUT2D eigenvalue weighted by Crippen LogP contribution is -2.44. The number of piperidine rings is 1. The van der Waals surface area contributed by atoms with Crippen LogP contribution in [0, 0.1) is 0 Å². The molecular weight excluding hydrogens is 380 g/mol. The molecule has 0 bridgehead atoms. The monoisotopic (exact) mass is 412 g/mol. The summed E-state index contributed by atoms with van der Waals surface area (Å²) in [4.78, 5) is 17.2. The van der Waals surface area contributed by atoms with E-state index in [4.69, 9.17) is 14.2 Å². The van der Waals surface area contributed by atoms with Gasteiger partial charge < -0.3 is 24.0 Å². The van der Waals surface area contributed by atoms with E-state index in [-0.39, 0.29) is 11.9 Å². The van der Waals surface area contributed by atoms with Crippen molar-refractivity contribution in [2.45, 2.75) is 25.8 Å². The smallest absolute Gasteiger partial charge is 0.253 e. The van der Waals surface area contributed by atoms with Crippen molar-refractivity contribution >= 4 is 5.91 Å². The first-order valence-electron chi connectivity index (χ1n) is 10.6. The summed E-state index contributed by atoms with van der Waals surface area (Å²) in [6, 6.07) is 15.3. The zero-order chi connectivity index (χ0) is 21.3. The normalized spacial score (nSPS) is 14.9. The number of carbonyl (C=O) groups is 1. The van der Waals surface area contributed by atoms with E-state index >= 15 is 0 Å². The molecule has 0 atom stereocenters. The van der Waals surface area contributed by atoms with E-state index in [1.165, 1.54) is 0 Å². The average Bonchev–Trinajstić information content (AvgIpc) is 2.78. The van der Waals surface area contributed by atoms with Crippen LogP contribution in [0.5, 0.6) is 17.2 Å². The predicted molar refractivity (Wildman–Crippen MR) is 118 cm³/mol. The second kappa shape index (κ2) is 10.9. The topological polar surface area (TPSA) is 51.2 Å². The predicted octanol–water partition coefficient (Wildman–Crippen LogP) is 3.71. The SMILES string of the molecule is CCOc1cc(C(=O)N(C)C2CCN(C)CC2)ccc1OCCOc1ccccc1. The van der Waals surface area contributed by atoms with Gasteiger partial charge in [0.15, 0.2) is 11.5 Å². The van der Waals surface area contributed by atoms with Crippen LogP contribution in [0.2, 0.25) is 0 Å². The average molecular weight is 413 g/mol. The highest BCUT2D eigenvalue weighted by Crippen LogP contribution is 2.29. The van der Waals surface area contributed by atoms with E-state index in [1.54, 1.807) is 6.07 Å². The minimum absolute atomic E-state index is 0.0180. The molecular formula is C24H32N2O4. The highest BCUT2D eigenvalue weighted by molar-refractivity contribution is 5.95. The summed E-state index contributed by atoms with van der Waals surface area (Å²) in [5.41, 5.74) is 0.618. The molecule has 1 aliphatic rings. The maximum atomic E-state index is 13.0. The van der Waals surface area contributed by atoms with Crippen LogP contribution >= 0.6 is 0 Å². The van der Waals surface area contributed by atoms with E-state index in [0.29, 0.717) is 36.9 Å². The number of hydrogen-bond acceptors (Lipinski definition) is 5. The van der Waals surface area contributed by atoms with Gasteiger partial charge in [-0.25, -0.2) is 0 Å². The molecule has 0 aromatic heterocycles. The van der Waals surface area contributed by atoms with Crippen LogP contribution in [0.15, 0.2) is 48.5 Å². The summed E-state index contributed by atoms with van der Waals surface area (Å²) in [6.45, 7) is 5.27. The third kappa shape index (κ3) is 5.89. The molecule has 162 valence electrons. The fourth-order valence-corrected chi connectivity index (χ4v) is 3.61. The summed E-state index contributed by atoms with van der Waals surface area (Å²) in [5, 5.41) is 0. The molecule has 0 aliphatic carbocycles. The van der Waals surface area contributed by atoms with Gasteiger partial charge in [-0.3, -0.25) is 4.79 Å². The van der Waals surface area contributed by atoms with Crippen LogP contribution in [0.1, 0.15) is 30.1 Å². The van der Waals surface area contributed by atoms with E-state index in [2.05, 4.69) is 11.9 Å². The first-order chi connectivity index (χ1) is 14.6. The molecule has 1 fully saturated rings. The van der Waals surface area contributed by atoms with Crippen molar-refractivity contribution in [1.29, 1.82) is 0 Å².